The fourth-order valence-electron chi connectivity index (χ4n) is 3.02. The molecule has 0 fully saturated rings. The van der Waals surface area contributed by atoms with E-state index < -0.39 is 0 Å². The second-order valence-electron chi connectivity index (χ2n) is 6.51. The molecule has 1 N–H and O–H groups in total. The molecule has 7 heteroatoms. The largest absolute Gasteiger partial charge is 0.362 e. The van der Waals surface area contributed by atoms with Crippen molar-refractivity contribution in [3.63, 3.8) is 0 Å². The Balaban J connectivity index is 1.71. The summed E-state index contributed by atoms with van der Waals surface area (Å²) in [6.45, 7) is 3.80. The van der Waals surface area contributed by atoms with Gasteiger partial charge in [-0.05, 0) is 49.7 Å². The highest BCUT2D eigenvalue weighted by atomic mass is 19.1. The molecule has 0 saturated carbocycles. The zero-order chi connectivity index (χ0) is 19.7. The van der Waals surface area contributed by atoms with Crippen LogP contribution in [0.1, 0.15) is 29.8 Å². The van der Waals surface area contributed by atoms with Gasteiger partial charge in [0.05, 0.1) is 40.6 Å². The SMILES string of the molecule is Cc1ncc(-n2cnc3ccc(C#N)cc32)nc1N[C@@H](C)c1cccc(F)c1. The summed E-state index contributed by atoms with van der Waals surface area (Å²) in [6, 6.07) is 13.7. The molecule has 138 valence electrons. The molecule has 0 amide bonds. The highest BCUT2D eigenvalue weighted by molar-refractivity contribution is 5.78. The van der Waals surface area contributed by atoms with Crippen molar-refractivity contribution in [3.8, 4) is 11.9 Å². The number of aryl methyl sites for hydroxylation is 1. The van der Waals surface area contributed by atoms with Gasteiger partial charge in [-0.15, -0.1) is 0 Å². The number of hydrogen-bond acceptors (Lipinski definition) is 5. The number of halogens is 1. The number of nitriles is 1. The first-order valence-corrected chi connectivity index (χ1v) is 8.78. The van der Waals surface area contributed by atoms with E-state index in [1.165, 1.54) is 12.1 Å². The normalized spacial score (nSPS) is 11.9. The Hall–Kier alpha value is -3.79. The lowest BCUT2D eigenvalue weighted by atomic mass is 10.1. The van der Waals surface area contributed by atoms with Crippen LogP contribution in [0.5, 0.6) is 0 Å². The first kappa shape index (κ1) is 17.6. The van der Waals surface area contributed by atoms with Gasteiger partial charge in [-0.3, -0.25) is 9.55 Å². The summed E-state index contributed by atoms with van der Waals surface area (Å²) in [6.07, 6.45) is 3.32. The van der Waals surface area contributed by atoms with Crippen molar-refractivity contribution >= 4 is 16.9 Å². The predicted octanol–water partition coefficient (Wildman–Crippen LogP) is 4.31. The number of nitrogens with one attached hydrogen (secondary N) is 1. The van der Waals surface area contributed by atoms with Crippen LogP contribution in [0.15, 0.2) is 55.0 Å². The third-order valence-corrected chi connectivity index (χ3v) is 4.57. The summed E-state index contributed by atoms with van der Waals surface area (Å²) in [5, 5.41) is 12.5. The van der Waals surface area contributed by atoms with Crippen LogP contribution in [-0.4, -0.2) is 19.5 Å². The van der Waals surface area contributed by atoms with Gasteiger partial charge in [0, 0.05) is 0 Å². The van der Waals surface area contributed by atoms with E-state index in [4.69, 9.17) is 5.26 Å². The summed E-state index contributed by atoms with van der Waals surface area (Å²) in [4.78, 5) is 13.5. The van der Waals surface area contributed by atoms with Crippen molar-refractivity contribution in [1.29, 1.82) is 5.26 Å². The molecule has 4 aromatic rings. The van der Waals surface area contributed by atoms with Crippen LogP contribution < -0.4 is 5.32 Å². The number of fused-ring (bicyclic) bond motifs is 1. The number of aromatic nitrogens is 4. The molecular weight excluding hydrogens is 355 g/mol. The Labute approximate surface area is 161 Å². The van der Waals surface area contributed by atoms with Crippen LogP contribution in [0.3, 0.4) is 0 Å². The van der Waals surface area contributed by atoms with Gasteiger partial charge < -0.3 is 5.32 Å². The highest BCUT2D eigenvalue weighted by Crippen LogP contribution is 2.23. The number of nitrogens with zero attached hydrogens (tertiary/aromatic N) is 5. The van der Waals surface area contributed by atoms with Crippen LogP contribution in [0.4, 0.5) is 10.2 Å². The summed E-state index contributed by atoms with van der Waals surface area (Å²) >= 11 is 0. The summed E-state index contributed by atoms with van der Waals surface area (Å²) in [5.74, 6) is 0.908. The molecule has 0 spiro atoms. The quantitative estimate of drug-likeness (QED) is 0.577. The van der Waals surface area contributed by atoms with Crippen LogP contribution in [-0.2, 0) is 0 Å². The molecule has 0 unspecified atom stereocenters. The molecule has 0 bridgehead atoms. The average molecular weight is 372 g/mol. The highest BCUT2D eigenvalue weighted by Gasteiger charge is 2.13. The van der Waals surface area contributed by atoms with E-state index in [1.807, 2.05) is 19.9 Å². The monoisotopic (exact) mass is 372 g/mol. The maximum absolute atomic E-state index is 13.5. The minimum atomic E-state index is -0.277. The maximum Gasteiger partial charge on any atom is 0.159 e. The molecule has 28 heavy (non-hydrogen) atoms. The topological polar surface area (TPSA) is 79.4 Å². The van der Waals surface area contributed by atoms with Gasteiger partial charge in [-0.1, -0.05) is 12.1 Å². The van der Waals surface area contributed by atoms with Gasteiger partial charge in [-0.25, -0.2) is 14.4 Å². The molecule has 2 aromatic carbocycles. The molecular formula is C21H17FN6. The first-order chi connectivity index (χ1) is 13.5. The molecule has 2 heterocycles. The van der Waals surface area contributed by atoms with E-state index in [0.29, 0.717) is 17.2 Å². The summed E-state index contributed by atoms with van der Waals surface area (Å²) in [5.41, 5.74) is 3.64. The van der Waals surface area contributed by atoms with Gasteiger partial charge in [0.2, 0.25) is 0 Å². The van der Waals surface area contributed by atoms with Crippen molar-refractivity contribution in [2.45, 2.75) is 19.9 Å². The lowest BCUT2D eigenvalue weighted by molar-refractivity contribution is 0.623. The van der Waals surface area contributed by atoms with Crippen molar-refractivity contribution in [1.82, 2.24) is 19.5 Å². The number of hydrogen-bond donors (Lipinski definition) is 1. The van der Waals surface area contributed by atoms with Crippen LogP contribution in [0, 0.1) is 24.1 Å². The van der Waals surface area contributed by atoms with Crippen LogP contribution in [0.25, 0.3) is 16.9 Å². The second kappa shape index (κ2) is 7.08. The number of benzene rings is 2. The molecule has 0 radical (unpaired) electrons. The molecule has 0 saturated heterocycles. The van der Waals surface area contributed by atoms with Gasteiger partial charge in [0.1, 0.15) is 18.0 Å². The fourth-order valence-corrected chi connectivity index (χ4v) is 3.02. The lowest BCUT2D eigenvalue weighted by Gasteiger charge is -2.17. The number of anilines is 1. The zero-order valence-electron chi connectivity index (χ0n) is 15.4. The maximum atomic E-state index is 13.5. The zero-order valence-corrected chi connectivity index (χ0v) is 15.4. The Morgan fingerprint density at radius 1 is 1.18 bits per heavy atom. The molecule has 0 aliphatic rings. The Morgan fingerprint density at radius 2 is 2.04 bits per heavy atom. The second-order valence-corrected chi connectivity index (χ2v) is 6.51. The standard InChI is InChI=1S/C21H17FN6/c1-13(16-4-3-5-17(22)9-16)26-21-14(2)24-11-20(27-21)28-12-25-18-7-6-15(10-23)8-19(18)28/h3-9,11-13H,1-2H3,(H,26,27)/t13-/m0/s1. The van der Waals surface area contributed by atoms with E-state index in [0.717, 1.165) is 22.3 Å². The molecule has 4 rings (SSSR count). The van der Waals surface area contributed by atoms with Gasteiger partial charge >= 0.3 is 0 Å². The van der Waals surface area contributed by atoms with Crippen molar-refractivity contribution in [3.05, 3.63) is 77.6 Å². The van der Waals surface area contributed by atoms with Crippen LogP contribution >= 0.6 is 0 Å². The lowest BCUT2D eigenvalue weighted by Crippen LogP contribution is -2.11. The summed E-state index contributed by atoms with van der Waals surface area (Å²) in [7, 11) is 0. The Morgan fingerprint density at radius 3 is 2.82 bits per heavy atom. The Bertz CT molecular complexity index is 1210. The van der Waals surface area contributed by atoms with Gasteiger partial charge in [0.15, 0.2) is 5.82 Å². The number of imidazole rings is 1. The summed E-state index contributed by atoms with van der Waals surface area (Å²) < 4.78 is 15.3. The third kappa shape index (κ3) is 3.28. The van der Waals surface area contributed by atoms with Gasteiger partial charge in [0.25, 0.3) is 0 Å². The molecule has 2 aromatic heterocycles. The van der Waals surface area contributed by atoms with E-state index in [2.05, 4.69) is 26.3 Å². The molecule has 6 nitrogen and oxygen atoms in total. The number of rotatable bonds is 4. The van der Waals surface area contributed by atoms with E-state index in [9.17, 15) is 4.39 Å². The molecule has 0 aliphatic heterocycles. The minimum Gasteiger partial charge on any atom is -0.362 e. The minimum absolute atomic E-state index is 0.149. The van der Waals surface area contributed by atoms with Crippen molar-refractivity contribution in [2.75, 3.05) is 5.32 Å². The van der Waals surface area contributed by atoms with Gasteiger partial charge in [-0.2, -0.15) is 5.26 Å². The fraction of sp³-hybridized carbons (Fsp3) is 0.143. The van der Waals surface area contributed by atoms with Crippen LogP contribution in [0.2, 0.25) is 0 Å². The van der Waals surface area contributed by atoms with E-state index in [-0.39, 0.29) is 11.9 Å². The van der Waals surface area contributed by atoms with E-state index in [1.54, 1.807) is 41.4 Å². The smallest absolute Gasteiger partial charge is 0.159 e. The van der Waals surface area contributed by atoms with Crippen molar-refractivity contribution in [2.24, 2.45) is 0 Å². The average Bonchev–Trinajstić information content (AvgIpc) is 3.12. The molecule has 1 atom stereocenters. The van der Waals surface area contributed by atoms with E-state index >= 15 is 0 Å². The predicted molar refractivity (Wildman–Crippen MR) is 105 cm³/mol. The molecule has 0 aliphatic carbocycles. The third-order valence-electron chi connectivity index (χ3n) is 4.57. The Kier molecular flexibility index (Phi) is 4.45. The first-order valence-electron chi connectivity index (χ1n) is 8.78. The van der Waals surface area contributed by atoms with Crippen molar-refractivity contribution < 1.29 is 4.39 Å².